The molecule has 0 saturated carbocycles. The minimum Gasteiger partial charge on any atom is -0.435 e. The van der Waals surface area contributed by atoms with Crippen molar-refractivity contribution in [3.8, 4) is 11.6 Å². The molecular weight excluding hydrogens is 421 g/mol. The van der Waals surface area contributed by atoms with Gasteiger partial charge in [0.1, 0.15) is 18.0 Å². The Kier molecular flexibility index (Phi) is 5.55. The number of rotatable bonds is 5. The first kappa shape index (κ1) is 21.1. The van der Waals surface area contributed by atoms with Crippen molar-refractivity contribution < 1.29 is 9.13 Å². The van der Waals surface area contributed by atoms with E-state index in [2.05, 4.69) is 48.2 Å². The average molecular weight is 448 g/mol. The summed E-state index contributed by atoms with van der Waals surface area (Å²) in [6, 6.07) is 9.13. The number of likely N-dealkylation sites (N-methyl/N-ethyl adjacent to an activating group) is 1. The number of aromatic amines is 1. The average Bonchev–Trinajstić information content (AvgIpc) is 3.20. The van der Waals surface area contributed by atoms with Crippen LogP contribution in [0.3, 0.4) is 0 Å². The zero-order valence-corrected chi connectivity index (χ0v) is 18.9. The van der Waals surface area contributed by atoms with E-state index in [1.165, 1.54) is 6.33 Å². The lowest BCUT2D eigenvalue weighted by Crippen LogP contribution is -2.44. The maximum atomic E-state index is 14.9. The molecule has 5 rings (SSSR count). The predicted molar refractivity (Wildman–Crippen MR) is 127 cm³/mol. The molecule has 3 aromatic heterocycles. The van der Waals surface area contributed by atoms with E-state index in [4.69, 9.17) is 4.74 Å². The summed E-state index contributed by atoms with van der Waals surface area (Å²) in [5.74, 6) is 1.19. The number of halogens is 1. The summed E-state index contributed by atoms with van der Waals surface area (Å²) in [7, 11) is 2.14. The van der Waals surface area contributed by atoms with E-state index >= 15 is 0 Å². The SMILES string of the molecule is Cc1cc2c(F)c(Oc3ncnc(Nc4ccc(N5CCN(C)CC5)cn4)c3C)ccc2[nH]1. The van der Waals surface area contributed by atoms with Crippen molar-refractivity contribution in [2.75, 3.05) is 43.4 Å². The highest BCUT2D eigenvalue weighted by Gasteiger charge is 2.17. The van der Waals surface area contributed by atoms with Gasteiger partial charge in [0.2, 0.25) is 5.88 Å². The first-order valence-corrected chi connectivity index (χ1v) is 10.9. The van der Waals surface area contributed by atoms with Gasteiger partial charge in [0, 0.05) is 42.8 Å². The highest BCUT2D eigenvalue weighted by Crippen LogP contribution is 2.32. The molecule has 4 aromatic rings. The van der Waals surface area contributed by atoms with Crippen LogP contribution in [-0.4, -0.2) is 58.1 Å². The fourth-order valence-corrected chi connectivity index (χ4v) is 3.97. The van der Waals surface area contributed by atoms with Crippen LogP contribution in [-0.2, 0) is 0 Å². The minimum absolute atomic E-state index is 0.115. The first-order chi connectivity index (χ1) is 16.0. The predicted octanol–water partition coefficient (Wildman–Crippen LogP) is 4.40. The molecule has 2 N–H and O–H groups in total. The molecule has 0 aliphatic carbocycles. The molecule has 0 radical (unpaired) electrons. The third-order valence-corrected chi connectivity index (χ3v) is 5.94. The molecule has 1 aliphatic heterocycles. The Morgan fingerprint density at radius 2 is 1.85 bits per heavy atom. The van der Waals surface area contributed by atoms with Gasteiger partial charge >= 0.3 is 0 Å². The van der Waals surface area contributed by atoms with Gasteiger partial charge in [0.05, 0.1) is 17.4 Å². The molecule has 170 valence electrons. The number of benzene rings is 1. The quantitative estimate of drug-likeness (QED) is 0.469. The number of nitrogens with zero attached hydrogens (tertiary/aromatic N) is 5. The Bertz CT molecular complexity index is 1280. The number of aryl methyl sites for hydroxylation is 1. The maximum absolute atomic E-state index is 14.9. The molecule has 0 unspecified atom stereocenters. The molecule has 1 aromatic carbocycles. The van der Waals surface area contributed by atoms with E-state index in [1.54, 1.807) is 18.2 Å². The van der Waals surface area contributed by atoms with E-state index in [9.17, 15) is 4.39 Å². The van der Waals surface area contributed by atoms with Gasteiger partial charge in [-0.15, -0.1) is 0 Å². The Morgan fingerprint density at radius 1 is 1.03 bits per heavy atom. The van der Waals surface area contributed by atoms with Crippen LogP contribution in [0.15, 0.2) is 42.9 Å². The van der Waals surface area contributed by atoms with Gasteiger partial charge in [-0.2, -0.15) is 0 Å². The standard InChI is InChI=1S/C24H26FN7O/c1-15-12-18-19(29-15)5-6-20(22(18)25)33-24-16(2)23(27-14-28-24)30-21-7-4-17(13-26-21)32-10-8-31(3)9-11-32/h4-7,12-14,29H,8-11H2,1-3H3,(H,26,27,28,30). The molecule has 0 spiro atoms. The van der Waals surface area contributed by atoms with Gasteiger partial charge in [0.15, 0.2) is 11.6 Å². The molecule has 0 amide bonds. The summed E-state index contributed by atoms with van der Waals surface area (Å²) in [5, 5.41) is 3.70. The monoisotopic (exact) mass is 447 g/mol. The van der Waals surface area contributed by atoms with Crippen molar-refractivity contribution in [2.45, 2.75) is 13.8 Å². The number of anilines is 3. The van der Waals surface area contributed by atoms with Crippen LogP contribution in [0.25, 0.3) is 10.9 Å². The molecule has 0 bridgehead atoms. The number of H-pyrrole nitrogens is 1. The van der Waals surface area contributed by atoms with Gasteiger partial charge < -0.3 is 24.8 Å². The van der Waals surface area contributed by atoms with Crippen LogP contribution in [0, 0.1) is 19.7 Å². The van der Waals surface area contributed by atoms with Crippen molar-refractivity contribution in [3.05, 3.63) is 59.9 Å². The third-order valence-electron chi connectivity index (χ3n) is 5.94. The number of hydrogen-bond donors (Lipinski definition) is 2. The van der Waals surface area contributed by atoms with Crippen LogP contribution in [0.5, 0.6) is 11.6 Å². The van der Waals surface area contributed by atoms with Crippen molar-refractivity contribution in [2.24, 2.45) is 0 Å². The largest absolute Gasteiger partial charge is 0.435 e. The van der Waals surface area contributed by atoms with Gasteiger partial charge in [-0.25, -0.2) is 19.3 Å². The van der Waals surface area contributed by atoms with Crippen LogP contribution >= 0.6 is 0 Å². The molecule has 1 saturated heterocycles. The van der Waals surface area contributed by atoms with Crippen molar-refractivity contribution in [3.63, 3.8) is 0 Å². The van der Waals surface area contributed by atoms with Crippen LogP contribution in [0.2, 0.25) is 0 Å². The highest BCUT2D eigenvalue weighted by molar-refractivity contribution is 5.82. The molecule has 8 nitrogen and oxygen atoms in total. The van der Waals surface area contributed by atoms with E-state index < -0.39 is 5.82 Å². The summed E-state index contributed by atoms with van der Waals surface area (Å²) in [4.78, 5) is 20.8. The van der Waals surface area contributed by atoms with Crippen molar-refractivity contribution >= 4 is 28.2 Å². The number of pyridine rings is 1. The van der Waals surface area contributed by atoms with E-state index in [0.717, 1.165) is 43.1 Å². The molecule has 33 heavy (non-hydrogen) atoms. The Morgan fingerprint density at radius 3 is 2.61 bits per heavy atom. The molecule has 4 heterocycles. The number of aromatic nitrogens is 4. The molecule has 9 heteroatoms. The number of hydrogen-bond acceptors (Lipinski definition) is 7. The molecule has 0 atom stereocenters. The van der Waals surface area contributed by atoms with E-state index in [-0.39, 0.29) is 11.6 Å². The summed E-state index contributed by atoms with van der Waals surface area (Å²) in [6.45, 7) is 7.77. The molecule has 1 fully saturated rings. The van der Waals surface area contributed by atoms with Crippen LogP contribution < -0.4 is 15.0 Å². The maximum Gasteiger partial charge on any atom is 0.227 e. The summed E-state index contributed by atoms with van der Waals surface area (Å²) < 4.78 is 20.8. The van der Waals surface area contributed by atoms with Crippen LogP contribution in [0.4, 0.5) is 21.7 Å². The van der Waals surface area contributed by atoms with Gasteiger partial charge in [-0.1, -0.05) is 0 Å². The van der Waals surface area contributed by atoms with Crippen molar-refractivity contribution in [1.82, 2.24) is 24.8 Å². The minimum atomic E-state index is -0.425. The summed E-state index contributed by atoms with van der Waals surface area (Å²) >= 11 is 0. The first-order valence-electron chi connectivity index (χ1n) is 10.9. The lowest BCUT2D eigenvalue weighted by Gasteiger charge is -2.33. The second-order valence-electron chi connectivity index (χ2n) is 8.36. The zero-order chi connectivity index (χ0) is 22.9. The number of ether oxygens (including phenoxy) is 1. The summed E-state index contributed by atoms with van der Waals surface area (Å²) in [5.41, 5.74) is 3.37. The topological polar surface area (TPSA) is 82.2 Å². The fourth-order valence-electron chi connectivity index (χ4n) is 3.97. The smallest absolute Gasteiger partial charge is 0.227 e. The number of nitrogens with one attached hydrogen (secondary N) is 2. The fraction of sp³-hybridized carbons (Fsp3) is 0.292. The third kappa shape index (κ3) is 4.31. The second-order valence-corrected chi connectivity index (χ2v) is 8.36. The van der Waals surface area contributed by atoms with E-state index in [0.29, 0.717) is 22.6 Å². The molecular formula is C24H26FN7O. The van der Waals surface area contributed by atoms with Crippen molar-refractivity contribution in [1.29, 1.82) is 0 Å². The Labute approximate surface area is 191 Å². The number of piperazine rings is 1. The van der Waals surface area contributed by atoms with Gasteiger partial charge in [-0.05, 0) is 51.2 Å². The Hall–Kier alpha value is -3.72. The lowest BCUT2D eigenvalue weighted by molar-refractivity contribution is 0.313. The zero-order valence-electron chi connectivity index (χ0n) is 18.9. The Balaban J connectivity index is 1.33. The number of fused-ring (bicyclic) bond motifs is 1. The second kappa shape index (κ2) is 8.67. The normalized spacial score (nSPS) is 14.6. The molecule has 1 aliphatic rings. The summed E-state index contributed by atoms with van der Waals surface area (Å²) in [6.07, 6.45) is 3.26. The highest BCUT2D eigenvalue weighted by atomic mass is 19.1. The van der Waals surface area contributed by atoms with Gasteiger partial charge in [-0.3, -0.25) is 0 Å². The van der Waals surface area contributed by atoms with Gasteiger partial charge in [0.25, 0.3) is 0 Å². The van der Waals surface area contributed by atoms with E-state index in [1.807, 2.05) is 26.1 Å². The lowest BCUT2D eigenvalue weighted by atomic mass is 10.2. The van der Waals surface area contributed by atoms with Crippen LogP contribution in [0.1, 0.15) is 11.3 Å².